The van der Waals surface area contributed by atoms with Gasteiger partial charge in [0, 0.05) is 42.8 Å². The first-order chi connectivity index (χ1) is 19.3. The minimum Gasteiger partial charge on any atom is -0.380 e. The first kappa shape index (κ1) is 25.9. The Bertz CT molecular complexity index is 1460. The van der Waals surface area contributed by atoms with Gasteiger partial charge >= 0.3 is 0 Å². The quantitative estimate of drug-likeness (QED) is 0.430. The lowest BCUT2D eigenvalue weighted by Crippen LogP contribution is -2.51. The second-order valence-electron chi connectivity index (χ2n) is 11.1. The monoisotopic (exact) mass is 540 g/mol. The number of aromatic nitrogens is 2. The predicted molar refractivity (Wildman–Crippen MR) is 147 cm³/mol. The molecule has 1 saturated carbocycles. The third-order valence-corrected chi connectivity index (χ3v) is 8.74. The van der Waals surface area contributed by atoms with Crippen LogP contribution in [-0.2, 0) is 16.1 Å². The molecule has 40 heavy (non-hydrogen) atoms. The van der Waals surface area contributed by atoms with Gasteiger partial charge in [0.1, 0.15) is 11.5 Å². The molecule has 1 atom stereocenters. The molecule has 0 radical (unpaired) electrons. The van der Waals surface area contributed by atoms with E-state index in [9.17, 15) is 19.2 Å². The Morgan fingerprint density at radius 2 is 1.95 bits per heavy atom. The van der Waals surface area contributed by atoms with Gasteiger partial charge in [-0.1, -0.05) is 18.6 Å². The molecule has 2 saturated heterocycles. The molecule has 2 N–H and O–H groups in total. The number of imide groups is 1. The maximum atomic E-state index is 13.4. The fraction of sp³-hybridized carbons (Fsp3) is 0.433. The zero-order valence-corrected chi connectivity index (χ0v) is 22.3. The van der Waals surface area contributed by atoms with Gasteiger partial charge in [0.15, 0.2) is 0 Å². The van der Waals surface area contributed by atoms with Crippen LogP contribution in [0, 0.1) is 17.8 Å². The SMILES string of the molecule is C#CC1(C(=O)N2CCC(n3cc(CNc4cccc5c4C(=O)N(C4CCC(=C)NC4=O)C5=O)cn3)CC2)CCC1. The molecule has 4 heterocycles. The third-order valence-electron chi connectivity index (χ3n) is 8.74. The number of nitrogens with one attached hydrogen (secondary N) is 2. The number of benzene rings is 1. The maximum Gasteiger partial charge on any atom is 0.264 e. The normalized spacial score (nSPS) is 22.4. The van der Waals surface area contributed by atoms with Crippen LogP contribution >= 0.6 is 0 Å². The van der Waals surface area contributed by atoms with Crippen LogP contribution in [0.1, 0.15) is 77.3 Å². The van der Waals surface area contributed by atoms with Crippen molar-refractivity contribution >= 4 is 29.3 Å². The highest BCUT2D eigenvalue weighted by Crippen LogP contribution is 2.42. The molecule has 10 nitrogen and oxygen atoms in total. The topological polar surface area (TPSA) is 117 Å². The number of anilines is 1. The Kier molecular flexibility index (Phi) is 6.45. The summed E-state index contributed by atoms with van der Waals surface area (Å²) in [5, 5.41) is 10.5. The number of likely N-dealkylation sites (tertiary alicyclic amines) is 1. The van der Waals surface area contributed by atoms with Crippen LogP contribution in [0.2, 0.25) is 0 Å². The van der Waals surface area contributed by atoms with Crippen LogP contribution in [0.3, 0.4) is 0 Å². The van der Waals surface area contributed by atoms with E-state index in [1.165, 1.54) is 0 Å². The Morgan fingerprint density at radius 3 is 2.62 bits per heavy atom. The Hall–Kier alpha value is -4.39. The minimum atomic E-state index is -0.850. The number of piperidine rings is 2. The van der Waals surface area contributed by atoms with E-state index in [2.05, 4.69) is 28.2 Å². The molecule has 3 fully saturated rings. The van der Waals surface area contributed by atoms with E-state index < -0.39 is 23.3 Å². The summed E-state index contributed by atoms with van der Waals surface area (Å²) in [4.78, 5) is 54.9. The molecule has 4 aliphatic rings. The number of hydrogen-bond acceptors (Lipinski definition) is 6. The summed E-state index contributed by atoms with van der Waals surface area (Å²) < 4.78 is 1.94. The van der Waals surface area contributed by atoms with Crippen molar-refractivity contribution in [2.75, 3.05) is 18.4 Å². The predicted octanol–water partition coefficient (Wildman–Crippen LogP) is 2.85. The fourth-order valence-corrected chi connectivity index (χ4v) is 6.19. The van der Waals surface area contributed by atoms with Gasteiger partial charge in [-0.3, -0.25) is 28.8 Å². The molecule has 2 aromatic rings. The molecule has 4 amide bonds. The molecule has 206 valence electrons. The van der Waals surface area contributed by atoms with Gasteiger partial charge in [-0.2, -0.15) is 5.10 Å². The first-order valence-corrected chi connectivity index (χ1v) is 13.8. The van der Waals surface area contributed by atoms with E-state index in [0.29, 0.717) is 43.9 Å². The second-order valence-corrected chi connectivity index (χ2v) is 11.1. The Labute approximate surface area is 232 Å². The molecule has 1 unspecified atom stereocenters. The number of amides is 4. The summed E-state index contributed by atoms with van der Waals surface area (Å²) in [6, 6.07) is 4.44. The van der Waals surface area contributed by atoms with Crippen molar-refractivity contribution < 1.29 is 19.2 Å². The van der Waals surface area contributed by atoms with Crippen LogP contribution in [0.5, 0.6) is 0 Å². The van der Waals surface area contributed by atoms with E-state index in [1.54, 1.807) is 24.4 Å². The third kappa shape index (κ3) is 4.26. The lowest BCUT2D eigenvalue weighted by atomic mass is 9.68. The summed E-state index contributed by atoms with van der Waals surface area (Å²) in [5.74, 6) is 1.53. The van der Waals surface area contributed by atoms with Gasteiger partial charge in [0.05, 0.1) is 23.4 Å². The minimum absolute atomic E-state index is 0.0987. The van der Waals surface area contributed by atoms with Crippen molar-refractivity contribution in [3.8, 4) is 12.3 Å². The molecule has 6 rings (SSSR count). The molecule has 1 aromatic carbocycles. The molecule has 10 heteroatoms. The van der Waals surface area contributed by atoms with Crippen molar-refractivity contribution in [2.24, 2.45) is 5.41 Å². The number of terminal acetylenes is 1. The van der Waals surface area contributed by atoms with Gasteiger partial charge in [-0.05, 0) is 57.1 Å². The van der Waals surface area contributed by atoms with E-state index in [4.69, 9.17) is 6.42 Å². The van der Waals surface area contributed by atoms with Crippen LogP contribution < -0.4 is 10.6 Å². The van der Waals surface area contributed by atoms with Crippen LogP contribution in [0.25, 0.3) is 0 Å². The molecule has 1 aromatic heterocycles. The summed E-state index contributed by atoms with van der Waals surface area (Å²) in [5.41, 5.74) is 2.04. The highest BCUT2D eigenvalue weighted by atomic mass is 16.2. The summed E-state index contributed by atoms with van der Waals surface area (Å²) in [6.45, 7) is 5.50. The number of fused-ring (bicyclic) bond motifs is 1. The number of carbonyl (C=O) groups is 4. The number of nitrogens with zero attached hydrogens (tertiary/aromatic N) is 4. The number of allylic oxidation sites excluding steroid dienone is 1. The first-order valence-electron chi connectivity index (χ1n) is 13.8. The van der Waals surface area contributed by atoms with Crippen LogP contribution in [-0.4, -0.2) is 62.3 Å². The highest BCUT2D eigenvalue weighted by Gasteiger charge is 2.46. The van der Waals surface area contributed by atoms with Crippen molar-refractivity contribution in [2.45, 2.75) is 63.6 Å². The van der Waals surface area contributed by atoms with Gasteiger partial charge in [0.2, 0.25) is 11.8 Å². The van der Waals surface area contributed by atoms with E-state index >= 15 is 0 Å². The molecular weight excluding hydrogens is 508 g/mol. The summed E-state index contributed by atoms with van der Waals surface area (Å²) in [6.07, 6.45) is 14.5. The average molecular weight is 541 g/mol. The zero-order chi connectivity index (χ0) is 28.0. The Morgan fingerprint density at radius 1 is 1.18 bits per heavy atom. The highest BCUT2D eigenvalue weighted by molar-refractivity contribution is 6.25. The fourth-order valence-electron chi connectivity index (χ4n) is 6.19. The van der Waals surface area contributed by atoms with Gasteiger partial charge in [-0.15, -0.1) is 6.42 Å². The van der Waals surface area contributed by atoms with Crippen LogP contribution in [0.15, 0.2) is 42.9 Å². The second kappa shape index (κ2) is 9.97. The van der Waals surface area contributed by atoms with Gasteiger partial charge in [0.25, 0.3) is 11.8 Å². The van der Waals surface area contributed by atoms with E-state index in [1.807, 2.05) is 15.8 Å². The van der Waals surface area contributed by atoms with Crippen LogP contribution in [0.4, 0.5) is 5.69 Å². The summed E-state index contributed by atoms with van der Waals surface area (Å²) in [7, 11) is 0. The molecule has 0 bridgehead atoms. The lowest BCUT2D eigenvalue weighted by Gasteiger charge is -2.42. The van der Waals surface area contributed by atoms with Crippen molar-refractivity contribution in [3.63, 3.8) is 0 Å². The van der Waals surface area contributed by atoms with Gasteiger partial charge < -0.3 is 15.5 Å². The number of rotatable bonds is 6. The number of hydrogen-bond donors (Lipinski definition) is 2. The van der Waals surface area contributed by atoms with Gasteiger partial charge in [-0.25, -0.2) is 0 Å². The standard InChI is InChI=1S/C30H32N6O4/c1-3-30(12-5-13-30)29(40)34-14-10-21(11-15-34)35-18-20(17-32-35)16-31-23-7-4-6-22-25(23)28(39)36(27(22)38)24-9-8-19(2)33-26(24)37/h1,4,6-7,17-18,21,24,31H,2,5,8-16H2,(H,33,37). The molecular formula is C30H32N6O4. The lowest BCUT2D eigenvalue weighted by molar-refractivity contribution is -0.144. The molecule has 1 aliphatic carbocycles. The maximum absolute atomic E-state index is 13.4. The molecule has 0 spiro atoms. The molecule has 3 aliphatic heterocycles. The smallest absolute Gasteiger partial charge is 0.264 e. The zero-order valence-electron chi connectivity index (χ0n) is 22.3. The largest absolute Gasteiger partial charge is 0.380 e. The van der Waals surface area contributed by atoms with E-state index in [-0.39, 0.29) is 29.0 Å². The van der Waals surface area contributed by atoms with E-state index in [0.717, 1.165) is 42.6 Å². The van der Waals surface area contributed by atoms with Crippen molar-refractivity contribution in [3.05, 3.63) is 59.6 Å². The average Bonchev–Trinajstić information content (AvgIpc) is 3.50. The summed E-state index contributed by atoms with van der Waals surface area (Å²) >= 11 is 0. The number of carbonyl (C=O) groups excluding carboxylic acids is 4. The van der Waals surface area contributed by atoms with Crippen molar-refractivity contribution in [1.29, 1.82) is 0 Å². The van der Waals surface area contributed by atoms with Crippen molar-refractivity contribution in [1.82, 2.24) is 24.9 Å². The Balaban J connectivity index is 1.09.